The normalized spacial score (nSPS) is 38.7. The summed E-state index contributed by atoms with van der Waals surface area (Å²) in [4.78, 5) is 37.0. The van der Waals surface area contributed by atoms with Crippen LogP contribution in [0.15, 0.2) is 24.3 Å². The first-order valence-corrected chi connectivity index (χ1v) is 11.0. The Morgan fingerprint density at radius 2 is 2.00 bits per heavy atom. The Balaban J connectivity index is 1.36. The maximum absolute atomic E-state index is 13.1. The fraction of sp³-hybridized carbons (Fsp3) is 0.542. The van der Waals surface area contributed by atoms with Crippen molar-refractivity contribution in [2.24, 2.45) is 22.7 Å². The lowest BCUT2D eigenvalue weighted by Gasteiger charge is -2.55. The number of benzene rings is 1. The molecule has 3 aliphatic carbocycles. The Kier molecular flexibility index (Phi) is 4.31. The molecule has 8 nitrogen and oxygen atoms in total. The van der Waals surface area contributed by atoms with Gasteiger partial charge < -0.3 is 25.4 Å². The van der Waals surface area contributed by atoms with E-state index in [-0.39, 0.29) is 47.4 Å². The number of carboxylic acid groups (broad SMARTS) is 1. The summed E-state index contributed by atoms with van der Waals surface area (Å²) in [7, 11) is 0. The van der Waals surface area contributed by atoms with Gasteiger partial charge in [0.2, 0.25) is 5.91 Å². The average Bonchev–Trinajstić information content (AvgIpc) is 3.08. The van der Waals surface area contributed by atoms with Crippen molar-refractivity contribution >= 4 is 23.3 Å². The molecule has 0 aromatic heterocycles. The number of amides is 1. The van der Waals surface area contributed by atoms with Crippen LogP contribution in [0.2, 0.25) is 0 Å². The number of allylic oxidation sites excluding steroid dienone is 2. The number of aromatic hydroxyl groups is 2. The van der Waals surface area contributed by atoms with Crippen LogP contribution in [0, 0.1) is 22.7 Å². The lowest BCUT2D eigenvalue weighted by Crippen LogP contribution is -2.56. The summed E-state index contributed by atoms with van der Waals surface area (Å²) in [6.45, 7) is 4.08. The zero-order valence-electron chi connectivity index (χ0n) is 18.1. The third-order valence-electron chi connectivity index (χ3n) is 8.44. The van der Waals surface area contributed by atoms with E-state index >= 15 is 0 Å². The molecule has 2 saturated heterocycles. The summed E-state index contributed by atoms with van der Waals surface area (Å²) < 4.78 is 6.41. The molecule has 170 valence electrons. The first kappa shape index (κ1) is 21.0. The molecule has 32 heavy (non-hydrogen) atoms. The van der Waals surface area contributed by atoms with Crippen molar-refractivity contribution in [1.82, 2.24) is 0 Å². The fourth-order valence-corrected chi connectivity index (χ4v) is 7.09. The van der Waals surface area contributed by atoms with Crippen LogP contribution in [0.1, 0.15) is 56.3 Å². The molecule has 6 atom stereocenters. The Hall–Kier alpha value is -2.87. The van der Waals surface area contributed by atoms with Crippen LogP contribution in [0.3, 0.4) is 0 Å². The molecule has 2 saturated carbocycles. The van der Waals surface area contributed by atoms with Crippen molar-refractivity contribution in [2.75, 3.05) is 5.32 Å². The molecule has 4 fully saturated rings. The predicted octanol–water partition coefficient (Wildman–Crippen LogP) is 3.23. The van der Waals surface area contributed by atoms with E-state index in [0.29, 0.717) is 5.92 Å². The standard InChI is InChI=1S/C24H27NO7/c1-22(7-6-17(28)25-18-14(26)4-3-13(19(18)29)21(30)31)16(27)5-8-24-10-12-9-15(20(22)24)32-23(12,2)11-24/h3-5,8,12,15,20,26,29H,6-7,9-11H2,1-2H3,(H,25,28)(H,30,31)/t12-,15-,20-,22+,23-,24-/m0/s1. The van der Waals surface area contributed by atoms with Gasteiger partial charge in [0, 0.05) is 17.8 Å². The number of anilines is 1. The molecule has 1 aromatic carbocycles. The minimum Gasteiger partial charge on any atom is -0.506 e. The summed E-state index contributed by atoms with van der Waals surface area (Å²) in [5.74, 6) is -2.55. The summed E-state index contributed by atoms with van der Waals surface area (Å²) in [5, 5.41) is 31.7. The summed E-state index contributed by atoms with van der Waals surface area (Å²) in [6, 6.07) is 2.16. The number of phenols is 2. The van der Waals surface area contributed by atoms with E-state index < -0.39 is 34.4 Å². The molecule has 5 aliphatic rings. The van der Waals surface area contributed by atoms with Crippen LogP contribution in [-0.4, -0.2) is 44.7 Å². The van der Waals surface area contributed by atoms with Crippen LogP contribution in [0.5, 0.6) is 11.5 Å². The van der Waals surface area contributed by atoms with E-state index in [9.17, 15) is 24.6 Å². The van der Waals surface area contributed by atoms with Crippen molar-refractivity contribution in [1.29, 1.82) is 0 Å². The van der Waals surface area contributed by atoms with E-state index in [4.69, 9.17) is 9.84 Å². The topological polar surface area (TPSA) is 133 Å². The Morgan fingerprint density at radius 1 is 1.25 bits per heavy atom. The molecule has 4 N–H and O–H groups in total. The first-order chi connectivity index (χ1) is 15.0. The molecule has 0 radical (unpaired) electrons. The fourth-order valence-electron chi connectivity index (χ4n) is 7.09. The minimum absolute atomic E-state index is 0.00395. The monoisotopic (exact) mass is 441 g/mol. The van der Waals surface area contributed by atoms with Crippen LogP contribution >= 0.6 is 0 Å². The number of ketones is 1. The highest BCUT2D eigenvalue weighted by atomic mass is 16.5. The Bertz CT molecular complexity index is 1080. The highest BCUT2D eigenvalue weighted by molar-refractivity contribution is 6.00. The van der Waals surface area contributed by atoms with Gasteiger partial charge in [0.25, 0.3) is 0 Å². The molecule has 1 spiro atoms. The molecular weight excluding hydrogens is 414 g/mol. The number of phenolic OH excluding ortho intramolecular Hbond substituents is 1. The largest absolute Gasteiger partial charge is 0.506 e. The molecule has 8 heteroatoms. The lowest BCUT2D eigenvalue weighted by molar-refractivity contribution is -0.169. The van der Waals surface area contributed by atoms with Crippen molar-refractivity contribution in [3.63, 3.8) is 0 Å². The van der Waals surface area contributed by atoms with Crippen molar-refractivity contribution in [3.8, 4) is 11.5 Å². The summed E-state index contributed by atoms with van der Waals surface area (Å²) in [5.41, 5.74) is -1.75. The molecule has 2 heterocycles. The average molecular weight is 441 g/mol. The zero-order valence-corrected chi connectivity index (χ0v) is 18.1. The molecule has 1 amide bonds. The summed E-state index contributed by atoms with van der Waals surface area (Å²) >= 11 is 0. The number of rotatable bonds is 5. The van der Waals surface area contributed by atoms with Crippen LogP contribution in [-0.2, 0) is 14.3 Å². The maximum atomic E-state index is 13.1. The molecule has 4 bridgehead atoms. The number of hydrogen-bond donors (Lipinski definition) is 4. The van der Waals surface area contributed by atoms with Gasteiger partial charge in [-0.2, -0.15) is 0 Å². The number of nitrogens with one attached hydrogen (secondary N) is 1. The Morgan fingerprint density at radius 3 is 2.69 bits per heavy atom. The highest BCUT2D eigenvalue weighted by Crippen LogP contribution is 2.71. The van der Waals surface area contributed by atoms with Gasteiger partial charge in [0.15, 0.2) is 11.5 Å². The maximum Gasteiger partial charge on any atom is 0.339 e. The second-order valence-electron chi connectivity index (χ2n) is 10.3. The SMILES string of the molecule is C[C@]12C[C@@]34C=CC(=O)[C@@](C)(CCC(=O)Nc5c(O)ccc(C(=O)O)c5O)[C@@H]3[C@H](C[C@H]1C4)O2. The quantitative estimate of drug-likeness (QED) is 0.516. The number of ether oxygens (including phenoxy) is 1. The van der Waals surface area contributed by atoms with E-state index in [2.05, 4.69) is 18.3 Å². The van der Waals surface area contributed by atoms with E-state index in [1.165, 1.54) is 0 Å². The molecule has 6 rings (SSSR count). The zero-order chi connectivity index (χ0) is 23.1. The van der Waals surface area contributed by atoms with Gasteiger partial charge in [0.05, 0.1) is 11.7 Å². The number of hydrogen-bond acceptors (Lipinski definition) is 6. The smallest absolute Gasteiger partial charge is 0.339 e. The molecule has 0 unspecified atom stereocenters. The number of carboxylic acids is 1. The number of aromatic carboxylic acids is 1. The summed E-state index contributed by atoms with van der Waals surface area (Å²) in [6.07, 6.45) is 6.86. The second kappa shape index (κ2) is 6.57. The van der Waals surface area contributed by atoms with Gasteiger partial charge in [-0.25, -0.2) is 4.79 Å². The van der Waals surface area contributed by atoms with Crippen LogP contribution in [0.4, 0.5) is 5.69 Å². The second-order valence-corrected chi connectivity index (χ2v) is 10.3. The van der Waals surface area contributed by atoms with Gasteiger partial charge in [-0.3, -0.25) is 9.59 Å². The minimum atomic E-state index is -1.38. The van der Waals surface area contributed by atoms with E-state index in [1.54, 1.807) is 6.08 Å². The molecule has 2 aliphatic heterocycles. The van der Waals surface area contributed by atoms with E-state index in [0.717, 1.165) is 31.4 Å². The van der Waals surface area contributed by atoms with Crippen LogP contribution < -0.4 is 5.32 Å². The Labute approximate surface area is 185 Å². The third kappa shape index (κ3) is 2.75. The number of carbonyl (C=O) groups is 3. The highest BCUT2D eigenvalue weighted by Gasteiger charge is 2.71. The third-order valence-corrected chi connectivity index (χ3v) is 8.44. The van der Waals surface area contributed by atoms with Crippen molar-refractivity contribution in [2.45, 2.75) is 57.7 Å². The molecular formula is C24H27NO7. The first-order valence-electron chi connectivity index (χ1n) is 11.0. The molecule has 1 aromatic rings. The van der Waals surface area contributed by atoms with Crippen LogP contribution in [0.25, 0.3) is 0 Å². The van der Waals surface area contributed by atoms with Crippen molar-refractivity contribution in [3.05, 3.63) is 29.8 Å². The van der Waals surface area contributed by atoms with E-state index in [1.807, 2.05) is 6.92 Å². The van der Waals surface area contributed by atoms with Gasteiger partial charge in [-0.15, -0.1) is 0 Å². The predicted molar refractivity (Wildman–Crippen MR) is 113 cm³/mol. The van der Waals surface area contributed by atoms with Crippen molar-refractivity contribution < 1.29 is 34.4 Å². The number of carbonyl (C=O) groups excluding carboxylic acids is 2. The van der Waals surface area contributed by atoms with Gasteiger partial charge >= 0.3 is 5.97 Å². The van der Waals surface area contributed by atoms with Gasteiger partial charge in [-0.1, -0.05) is 13.0 Å². The lowest BCUT2D eigenvalue weighted by atomic mass is 9.51. The van der Waals surface area contributed by atoms with Gasteiger partial charge in [0.1, 0.15) is 17.0 Å². The van der Waals surface area contributed by atoms with Gasteiger partial charge in [-0.05, 0) is 62.1 Å².